The smallest absolute Gasteiger partial charge is 0.0412 e. The lowest BCUT2D eigenvalue weighted by Gasteiger charge is -1.98. The average Bonchev–Trinajstić information content (AvgIpc) is 1.88. The van der Waals surface area contributed by atoms with E-state index < -0.39 is 0 Å². The van der Waals surface area contributed by atoms with E-state index >= 15 is 0 Å². The fourth-order valence-corrected chi connectivity index (χ4v) is 0.723. The quantitative estimate of drug-likeness (QED) is 0.358. The second-order valence-corrected chi connectivity index (χ2v) is 1.99. The second kappa shape index (κ2) is 2.37. The molecule has 0 saturated carbocycles. The van der Waals surface area contributed by atoms with Crippen molar-refractivity contribution in [1.29, 1.82) is 0 Å². The minimum Gasteiger partial charge on any atom is -0.366 e. The van der Waals surface area contributed by atoms with E-state index in [1.165, 1.54) is 5.56 Å². The van der Waals surface area contributed by atoms with Gasteiger partial charge in [-0.25, -0.2) is 0 Å². The molecule has 0 aliphatic rings. The van der Waals surface area contributed by atoms with Gasteiger partial charge in [0.25, 0.3) is 0 Å². The third kappa shape index (κ3) is 1.33. The summed E-state index contributed by atoms with van der Waals surface area (Å²) < 4.78 is 0. The van der Waals surface area contributed by atoms with Gasteiger partial charge in [-0.2, -0.15) is 0 Å². The van der Waals surface area contributed by atoms with Gasteiger partial charge in [0.2, 0.25) is 0 Å². The second-order valence-electron chi connectivity index (χ2n) is 1.99. The van der Waals surface area contributed by atoms with Crippen molar-refractivity contribution in [3.8, 4) is 5.92 Å². The highest BCUT2D eigenvalue weighted by Crippen LogP contribution is 2.00. The highest BCUT2D eigenvalue weighted by molar-refractivity contribution is 5.33. The van der Waals surface area contributed by atoms with Crippen molar-refractivity contribution >= 4 is 0 Å². The van der Waals surface area contributed by atoms with E-state index in [1.54, 1.807) is 0 Å². The molecule has 1 aromatic rings. The Morgan fingerprint density at radius 3 is 2.67 bits per heavy atom. The first-order valence-corrected chi connectivity index (χ1v) is 2.82. The topological polar surface area (TPSA) is 0 Å². The Morgan fingerprint density at radius 1 is 1.44 bits per heavy atom. The van der Waals surface area contributed by atoms with Crippen molar-refractivity contribution in [3.05, 3.63) is 41.8 Å². The first-order valence-electron chi connectivity index (χ1n) is 2.82. The van der Waals surface area contributed by atoms with E-state index in [9.17, 15) is 0 Å². The van der Waals surface area contributed by atoms with Crippen LogP contribution in [0.25, 0.3) is 0 Å². The van der Waals surface area contributed by atoms with Crippen LogP contribution in [0.4, 0.5) is 0 Å². The molecule has 0 aliphatic carbocycles. The molecule has 44 valence electrons. The Labute approximate surface area is 55.5 Å². The molecule has 0 atom stereocenters. The summed E-state index contributed by atoms with van der Waals surface area (Å²) in [5.41, 5.74) is 2.02. The molecular weight excluding hydrogens is 108 g/mol. The van der Waals surface area contributed by atoms with Crippen molar-refractivity contribution in [2.75, 3.05) is 0 Å². The predicted octanol–water partition coefficient (Wildman–Crippen LogP) is 1.93. The summed E-state index contributed by atoms with van der Waals surface area (Å²) in [5.74, 6) is 2.32. The Morgan fingerprint density at radius 2 is 2.22 bits per heavy atom. The fraction of sp³-hybridized carbons (Fsp3) is 0.111. The number of rotatable bonds is 0. The third-order valence-electron chi connectivity index (χ3n) is 1.16. The molecular formula is C9H7-. The highest BCUT2D eigenvalue weighted by Gasteiger charge is 1.76. The van der Waals surface area contributed by atoms with Gasteiger partial charge in [-0.3, -0.25) is 5.92 Å². The van der Waals surface area contributed by atoms with Crippen LogP contribution in [-0.4, -0.2) is 0 Å². The van der Waals surface area contributed by atoms with E-state index in [0.717, 1.165) is 5.56 Å². The summed E-state index contributed by atoms with van der Waals surface area (Å²) in [7, 11) is 0. The van der Waals surface area contributed by atoms with Gasteiger partial charge in [0.15, 0.2) is 0 Å². The van der Waals surface area contributed by atoms with Crippen LogP contribution in [-0.2, 0) is 0 Å². The Bertz CT molecular complexity index is 240. The molecule has 0 heteroatoms. The van der Waals surface area contributed by atoms with E-state index in [2.05, 4.69) is 5.92 Å². The van der Waals surface area contributed by atoms with Crippen LogP contribution in [0.3, 0.4) is 0 Å². The van der Waals surface area contributed by atoms with Crippen LogP contribution in [0, 0.1) is 19.3 Å². The van der Waals surface area contributed by atoms with Gasteiger partial charge in [-0.15, -0.1) is 17.7 Å². The molecule has 9 heavy (non-hydrogen) atoms. The van der Waals surface area contributed by atoms with Gasteiger partial charge in [0, 0.05) is 0 Å². The minimum atomic E-state index is 0.843. The molecule has 0 spiro atoms. The number of aryl methyl sites for hydroxylation is 1. The molecule has 0 unspecified atom stereocenters. The lowest BCUT2D eigenvalue weighted by molar-refractivity contribution is 1.46. The summed E-state index contributed by atoms with van der Waals surface area (Å²) in [5, 5.41) is 0. The Kier molecular flexibility index (Phi) is 1.55. The molecule has 0 aromatic heterocycles. The first-order chi connectivity index (χ1) is 4.33. The molecule has 0 heterocycles. The largest absolute Gasteiger partial charge is 0.366 e. The van der Waals surface area contributed by atoms with Crippen LogP contribution in [0.2, 0.25) is 0 Å². The van der Waals surface area contributed by atoms with E-state index in [1.807, 2.05) is 31.2 Å². The molecule has 0 nitrogen and oxygen atoms in total. The Hall–Kier alpha value is -1.22. The zero-order chi connectivity index (χ0) is 6.69. The van der Waals surface area contributed by atoms with Gasteiger partial charge >= 0.3 is 0 Å². The van der Waals surface area contributed by atoms with Crippen LogP contribution in [0.15, 0.2) is 24.3 Å². The summed E-state index contributed by atoms with van der Waals surface area (Å²) in [6, 6.07) is 7.71. The fourth-order valence-electron chi connectivity index (χ4n) is 0.723. The summed E-state index contributed by atoms with van der Waals surface area (Å²) in [6.45, 7) is 2.00. The van der Waals surface area contributed by atoms with E-state index in [4.69, 9.17) is 6.42 Å². The van der Waals surface area contributed by atoms with Gasteiger partial charge in [-0.05, 0) is 6.92 Å². The van der Waals surface area contributed by atoms with Crippen molar-refractivity contribution in [2.45, 2.75) is 6.92 Å². The average molecular weight is 115 g/mol. The number of hydrogen-bond donors (Lipinski definition) is 0. The third-order valence-corrected chi connectivity index (χ3v) is 1.16. The van der Waals surface area contributed by atoms with Crippen LogP contribution >= 0.6 is 0 Å². The monoisotopic (exact) mass is 115 g/mol. The SMILES string of the molecule is [C-]#Cc1cccc(C)c1. The van der Waals surface area contributed by atoms with E-state index in [-0.39, 0.29) is 0 Å². The van der Waals surface area contributed by atoms with Gasteiger partial charge in [0.1, 0.15) is 0 Å². The number of benzene rings is 1. The molecule has 0 saturated heterocycles. The van der Waals surface area contributed by atoms with Crippen LogP contribution < -0.4 is 0 Å². The molecule has 0 fully saturated rings. The minimum absolute atomic E-state index is 0.843. The van der Waals surface area contributed by atoms with Crippen molar-refractivity contribution in [1.82, 2.24) is 0 Å². The Balaban J connectivity index is 3.12. The van der Waals surface area contributed by atoms with Crippen molar-refractivity contribution in [2.24, 2.45) is 0 Å². The van der Waals surface area contributed by atoms with Gasteiger partial charge < -0.3 is 6.42 Å². The molecule has 0 bridgehead atoms. The predicted molar refractivity (Wildman–Crippen MR) is 37.4 cm³/mol. The molecule has 0 aliphatic heterocycles. The van der Waals surface area contributed by atoms with Gasteiger partial charge in [0.05, 0.1) is 0 Å². The van der Waals surface area contributed by atoms with Crippen molar-refractivity contribution < 1.29 is 0 Å². The molecule has 1 rings (SSSR count). The van der Waals surface area contributed by atoms with Crippen LogP contribution in [0.1, 0.15) is 11.1 Å². The summed E-state index contributed by atoms with van der Waals surface area (Å²) in [4.78, 5) is 0. The van der Waals surface area contributed by atoms with Crippen molar-refractivity contribution in [3.63, 3.8) is 0 Å². The maximum Gasteiger partial charge on any atom is -0.0412 e. The molecule has 0 radical (unpaired) electrons. The standard InChI is InChI=1S/C9H7/c1-3-9-6-4-5-8(2)7-9/h4-7H,2H3/q-1. The molecule has 1 aromatic carbocycles. The maximum atomic E-state index is 6.79. The first kappa shape index (κ1) is 5.91. The van der Waals surface area contributed by atoms with Crippen LogP contribution in [0.5, 0.6) is 0 Å². The zero-order valence-electron chi connectivity index (χ0n) is 5.31. The maximum absolute atomic E-state index is 6.79. The molecule has 0 amide bonds. The lowest BCUT2D eigenvalue weighted by atomic mass is 10.1. The summed E-state index contributed by atoms with van der Waals surface area (Å²) in [6.07, 6.45) is 6.79. The van der Waals surface area contributed by atoms with E-state index in [0.29, 0.717) is 0 Å². The normalized spacial score (nSPS) is 8.44. The summed E-state index contributed by atoms with van der Waals surface area (Å²) >= 11 is 0. The lowest BCUT2D eigenvalue weighted by Crippen LogP contribution is -1.73. The zero-order valence-corrected chi connectivity index (χ0v) is 5.31. The van der Waals surface area contributed by atoms with Gasteiger partial charge in [-0.1, -0.05) is 17.7 Å². The number of hydrogen-bond acceptors (Lipinski definition) is 0. The molecule has 0 N–H and O–H groups in total. The highest BCUT2D eigenvalue weighted by atomic mass is 13.9.